The number of ether oxygens (including phenoxy) is 2. The first-order valence-electron chi connectivity index (χ1n) is 6.54. The van der Waals surface area contributed by atoms with Gasteiger partial charge in [0.1, 0.15) is 24.2 Å². The molecule has 4 heteroatoms. The third kappa shape index (κ3) is 2.89. The Kier molecular flexibility index (Phi) is 3.81. The fraction of sp³-hybridized carbons (Fsp3) is 0.250. The van der Waals surface area contributed by atoms with Crippen molar-refractivity contribution >= 4 is 11.6 Å². The molecule has 0 aromatic heterocycles. The molecule has 0 amide bonds. The van der Waals surface area contributed by atoms with Gasteiger partial charge in [-0.25, -0.2) is 0 Å². The number of rotatable bonds is 4. The van der Waals surface area contributed by atoms with Crippen LogP contribution in [0.4, 0.5) is 0 Å². The third-order valence-electron chi connectivity index (χ3n) is 3.32. The minimum absolute atomic E-state index is 0.210. The van der Waals surface area contributed by atoms with E-state index < -0.39 is 6.10 Å². The Labute approximate surface area is 122 Å². The third-order valence-corrected chi connectivity index (χ3v) is 3.57. The molecule has 2 aromatic rings. The number of halogens is 1. The minimum atomic E-state index is -0.656. The predicted octanol–water partition coefficient (Wildman–Crippen LogP) is 3.39. The van der Waals surface area contributed by atoms with Crippen LogP contribution in [0.1, 0.15) is 17.2 Å². The number of aliphatic hydroxyl groups is 1. The summed E-state index contributed by atoms with van der Waals surface area (Å²) in [6.07, 6.45) is 0.241. The number of aliphatic hydroxyl groups excluding tert-OH is 1. The predicted molar refractivity (Wildman–Crippen MR) is 77.5 cm³/mol. The van der Waals surface area contributed by atoms with Gasteiger partial charge in [-0.2, -0.15) is 0 Å². The molecule has 0 radical (unpaired) electrons. The summed E-state index contributed by atoms with van der Waals surface area (Å²) in [5.74, 6) is 1.61. The zero-order valence-corrected chi connectivity index (χ0v) is 11.6. The first-order chi connectivity index (χ1) is 9.72. The highest BCUT2D eigenvalue weighted by molar-refractivity contribution is 6.30. The Morgan fingerprint density at radius 2 is 2.00 bits per heavy atom. The zero-order chi connectivity index (χ0) is 13.9. The van der Waals surface area contributed by atoms with E-state index in [1.807, 2.05) is 18.2 Å². The normalized spacial score (nSPS) is 14.5. The van der Waals surface area contributed by atoms with Gasteiger partial charge in [0.05, 0.1) is 6.61 Å². The number of benzene rings is 2. The molecule has 0 saturated carbocycles. The maximum Gasteiger partial charge on any atom is 0.122 e. The molecule has 0 saturated heterocycles. The average molecular weight is 291 g/mol. The van der Waals surface area contributed by atoms with E-state index in [2.05, 4.69) is 0 Å². The molecule has 3 nitrogen and oxygen atoms in total. The van der Waals surface area contributed by atoms with Gasteiger partial charge in [-0.3, -0.25) is 0 Å². The van der Waals surface area contributed by atoms with Crippen molar-refractivity contribution in [1.82, 2.24) is 0 Å². The standard InChI is InChI=1S/C16H15ClO3/c17-13-2-4-14(5-3-13)20-10-15(18)11-1-6-16-12(9-11)7-8-19-16/h1-6,9,15,18H,7-8,10H2. The highest BCUT2D eigenvalue weighted by atomic mass is 35.5. The summed E-state index contributed by atoms with van der Waals surface area (Å²) in [4.78, 5) is 0. The molecule has 1 aliphatic rings. The van der Waals surface area contributed by atoms with Crippen LogP contribution in [0.2, 0.25) is 5.02 Å². The van der Waals surface area contributed by atoms with Gasteiger partial charge in [-0.1, -0.05) is 17.7 Å². The van der Waals surface area contributed by atoms with Crippen LogP contribution in [0.25, 0.3) is 0 Å². The highest BCUT2D eigenvalue weighted by Gasteiger charge is 2.15. The van der Waals surface area contributed by atoms with E-state index >= 15 is 0 Å². The van der Waals surface area contributed by atoms with Crippen LogP contribution in [0.3, 0.4) is 0 Å². The second-order valence-corrected chi connectivity index (χ2v) is 5.18. The Morgan fingerprint density at radius 3 is 2.80 bits per heavy atom. The molecule has 1 unspecified atom stereocenters. The highest BCUT2D eigenvalue weighted by Crippen LogP contribution is 2.28. The van der Waals surface area contributed by atoms with Gasteiger partial charge in [0, 0.05) is 11.4 Å². The van der Waals surface area contributed by atoms with Crippen LogP contribution in [0.5, 0.6) is 11.5 Å². The van der Waals surface area contributed by atoms with Crippen molar-refractivity contribution in [2.24, 2.45) is 0 Å². The summed E-state index contributed by atoms with van der Waals surface area (Å²) in [5, 5.41) is 10.8. The lowest BCUT2D eigenvalue weighted by Gasteiger charge is -2.13. The molecule has 2 aromatic carbocycles. The lowest BCUT2D eigenvalue weighted by Crippen LogP contribution is -2.09. The molecular formula is C16H15ClO3. The summed E-state index contributed by atoms with van der Waals surface area (Å²) < 4.78 is 11.0. The number of fused-ring (bicyclic) bond motifs is 1. The van der Waals surface area contributed by atoms with Crippen molar-refractivity contribution in [3.8, 4) is 11.5 Å². The van der Waals surface area contributed by atoms with E-state index in [0.717, 1.165) is 29.9 Å². The minimum Gasteiger partial charge on any atom is -0.493 e. The van der Waals surface area contributed by atoms with Crippen LogP contribution < -0.4 is 9.47 Å². The van der Waals surface area contributed by atoms with Crippen molar-refractivity contribution < 1.29 is 14.6 Å². The first-order valence-corrected chi connectivity index (χ1v) is 6.92. The Morgan fingerprint density at radius 1 is 1.20 bits per heavy atom. The number of hydrogen-bond acceptors (Lipinski definition) is 3. The van der Waals surface area contributed by atoms with E-state index in [9.17, 15) is 5.11 Å². The summed E-state index contributed by atoms with van der Waals surface area (Å²) in [7, 11) is 0. The maximum atomic E-state index is 10.2. The smallest absolute Gasteiger partial charge is 0.122 e. The van der Waals surface area contributed by atoms with E-state index in [4.69, 9.17) is 21.1 Å². The molecular weight excluding hydrogens is 276 g/mol. The summed E-state index contributed by atoms with van der Waals surface area (Å²) in [5.41, 5.74) is 2.00. The summed E-state index contributed by atoms with van der Waals surface area (Å²) >= 11 is 5.81. The van der Waals surface area contributed by atoms with Crippen LogP contribution in [-0.4, -0.2) is 18.3 Å². The Hall–Kier alpha value is -1.71. The van der Waals surface area contributed by atoms with Gasteiger partial charge in [0.15, 0.2) is 0 Å². The van der Waals surface area contributed by atoms with E-state index in [-0.39, 0.29) is 6.61 Å². The van der Waals surface area contributed by atoms with Crippen molar-refractivity contribution in [1.29, 1.82) is 0 Å². The second-order valence-electron chi connectivity index (χ2n) is 4.75. The first kappa shape index (κ1) is 13.3. The zero-order valence-electron chi connectivity index (χ0n) is 10.9. The maximum absolute atomic E-state index is 10.2. The van der Waals surface area contributed by atoms with Crippen LogP contribution in [0.15, 0.2) is 42.5 Å². The molecule has 0 spiro atoms. The quantitative estimate of drug-likeness (QED) is 0.938. The molecule has 1 heterocycles. The largest absolute Gasteiger partial charge is 0.493 e. The Balaban J connectivity index is 1.64. The van der Waals surface area contributed by atoms with Crippen molar-refractivity contribution in [2.75, 3.05) is 13.2 Å². The summed E-state index contributed by atoms with van der Waals surface area (Å²) in [6.45, 7) is 0.928. The van der Waals surface area contributed by atoms with Gasteiger partial charge in [0.2, 0.25) is 0 Å². The second kappa shape index (κ2) is 5.73. The molecule has 104 valence electrons. The topological polar surface area (TPSA) is 38.7 Å². The molecule has 0 fully saturated rings. The van der Waals surface area contributed by atoms with E-state index in [1.54, 1.807) is 24.3 Å². The molecule has 1 N–H and O–H groups in total. The van der Waals surface area contributed by atoms with Crippen LogP contribution >= 0.6 is 11.6 Å². The van der Waals surface area contributed by atoms with Gasteiger partial charge in [-0.15, -0.1) is 0 Å². The molecule has 1 aliphatic heterocycles. The lowest BCUT2D eigenvalue weighted by molar-refractivity contribution is 0.108. The molecule has 0 bridgehead atoms. The van der Waals surface area contributed by atoms with Crippen molar-refractivity contribution in [3.63, 3.8) is 0 Å². The van der Waals surface area contributed by atoms with E-state index in [0.29, 0.717) is 10.8 Å². The van der Waals surface area contributed by atoms with Gasteiger partial charge < -0.3 is 14.6 Å². The van der Waals surface area contributed by atoms with Gasteiger partial charge in [-0.05, 0) is 47.5 Å². The number of hydrogen-bond donors (Lipinski definition) is 1. The van der Waals surface area contributed by atoms with Crippen molar-refractivity contribution in [2.45, 2.75) is 12.5 Å². The lowest BCUT2D eigenvalue weighted by atomic mass is 10.0. The van der Waals surface area contributed by atoms with E-state index in [1.165, 1.54) is 0 Å². The molecule has 20 heavy (non-hydrogen) atoms. The van der Waals surface area contributed by atoms with Crippen molar-refractivity contribution in [3.05, 3.63) is 58.6 Å². The van der Waals surface area contributed by atoms with Gasteiger partial charge >= 0.3 is 0 Å². The Bertz CT molecular complexity index is 595. The van der Waals surface area contributed by atoms with Gasteiger partial charge in [0.25, 0.3) is 0 Å². The van der Waals surface area contributed by atoms with Crippen LogP contribution in [0, 0.1) is 0 Å². The molecule has 1 atom stereocenters. The molecule has 3 rings (SSSR count). The summed E-state index contributed by atoms with van der Waals surface area (Å²) in [6, 6.07) is 12.9. The monoisotopic (exact) mass is 290 g/mol. The SMILES string of the molecule is OC(COc1ccc(Cl)cc1)c1ccc2c(c1)CCO2. The van der Waals surface area contributed by atoms with Crippen LogP contribution in [-0.2, 0) is 6.42 Å². The average Bonchev–Trinajstić information content (AvgIpc) is 2.93. The fourth-order valence-electron chi connectivity index (χ4n) is 2.22. The molecule has 0 aliphatic carbocycles. The fourth-order valence-corrected chi connectivity index (χ4v) is 2.34.